The number of ether oxygens (including phenoxy) is 2. The Hall–Kier alpha value is -3.10. The van der Waals surface area contributed by atoms with E-state index in [1.54, 1.807) is 18.2 Å². The van der Waals surface area contributed by atoms with Gasteiger partial charge in [0.2, 0.25) is 0 Å². The van der Waals surface area contributed by atoms with Gasteiger partial charge in [0.05, 0.1) is 36.2 Å². The number of nitrogens with zero attached hydrogens (tertiary/aromatic N) is 1. The van der Waals surface area contributed by atoms with Crippen molar-refractivity contribution in [2.75, 3.05) is 19.1 Å². The minimum absolute atomic E-state index is 0.151. The Morgan fingerprint density at radius 2 is 1.86 bits per heavy atom. The van der Waals surface area contributed by atoms with E-state index < -0.39 is 23.7 Å². The Bertz CT molecular complexity index is 1040. The van der Waals surface area contributed by atoms with Gasteiger partial charge in [-0.25, -0.2) is 9.29 Å². The number of hydroxylamine groups is 1. The number of benzene rings is 2. The van der Waals surface area contributed by atoms with Crippen molar-refractivity contribution in [3.63, 3.8) is 0 Å². The Kier molecular flexibility index (Phi) is 4.44. The maximum atomic E-state index is 13.4. The van der Waals surface area contributed by atoms with Gasteiger partial charge in [-0.1, -0.05) is 11.6 Å². The first-order chi connectivity index (χ1) is 13.5. The number of hydrogen-bond acceptors (Lipinski definition) is 6. The topological polar surface area (TPSA) is 77.1 Å². The average molecular weight is 405 g/mol. The quantitative estimate of drug-likeness (QED) is 0.789. The van der Waals surface area contributed by atoms with Crippen molar-refractivity contribution >= 4 is 34.8 Å². The first-order valence-electron chi connectivity index (χ1n) is 8.18. The van der Waals surface area contributed by atoms with Crippen LogP contribution in [0.4, 0.5) is 10.1 Å². The molecule has 0 saturated carbocycles. The van der Waals surface area contributed by atoms with Crippen LogP contribution < -0.4 is 19.9 Å². The predicted molar refractivity (Wildman–Crippen MR) is 98.4 cm³/mol. The van der Waals surface area contributed by atoms with Crippen LogP contribution in [0.2, 0.25) is 5.02 Å². The largest absolute Gasteiger partial charge is 0.493 e. The van der Waals surface area contributed by atoms with Gasteiger partial charge in [0, 0.05) is 5.56 Å². The van der Waals surface area contributed by atoms with Crippen molar-refractivity contribution in [1.82, 2.24) is 5.48 Å². The van der Waals surface area contributed by atoms with E-state index in [4.69, 9.17) is 25.9 Å². The molecule has 1 N–H and O–H groups in total. The summed E-state index contributed by atoms with van der Waals surface area (Å²) in [7, 11) is 3.00. The van der Waals surface area contributed by atoms with E-state index in [1.807, 2.05) is 0 Å². The zero-order valence-electron chi connectivity index (χ0n) is 14.8. The first-order valence-corrected chi connectivity index (χ1v) is 8.55. The molecule has 0 aromatic heterocycles. The molecular formula is C19H14ClFN2O5. The average Bonchev–Trinajstić information content (AvgIpc) is 3.24. The van der Waals surface area contributed by atoms with E-state index in [9.17, 15) is 14.0 Å². The molecule has 2 amide bonds. The van der Waals surface area contributed by atoms with Crippen LogP contribution in [0.3, 0.4) is 0 Å². The molecule has 9 heteroatoms. The Morgan fingerprint density at radius 3 is 2.54 bits per heavy atom. The summed E-state index contributed by atoms with van der Waals surface area (Å²) in [5.41, 5.74) is 3.89. The van der Waals surface area contributed by atoms with Crippen molar-refractivity contribution in [1.29, 1.82) is 0 Å². The summed E-state index contributed by atoms with van der Waals surface area (Å²) in [6, 6.07) is 8.66. The predicted octanol–water partition coefficient (Wildman–Crippen LogP) is 2.68. The van der Waals surface area contributed by atoms with Crippen molar-refractivity contribution in [3.05, 3.63) is 58.4 Å². The van der Waals surface area contributed by atoms with Crippen molar-refractivity contribution < 1.29 is 28.3 Å². The highest BCUT2D eigenvalue weighted by Crippen LogP contribution is 2.38. The fourth-order valence-corrected chi connectivity index (χ4v) is 3.34. The lowest BCUT2D eigenvalue weighted by Crippen LogP contribution is -2.34. The van der Waals surface area contributed by atoms with E-state index in [2.05, 4.69) is 5.48 Å². The molecule has 0 bridgehead atoms. The standard InChI is InChI=1S/C19H14ClFN2O5/c1-26-13-6-3-9(7-14(13)27-2)16-15-17(28-22-16)19(25)23(18(15)24)10-4-5-12(21)11(20)8-10/h3-8,17,22H,1-2H3/t17-/m0/s1. The maximum absolute atomic E-state index is 13.4. The normalized spacial score (nSPS) is 18.4. The van der Waals surface area contributed by atoms with Gasteiger partial charge in [-0.2, -0.15) is 0 Å². The van der Waals surface area contributed by atoms with Crippen LogP contribution in [-0.4, -0.2) is 32.1 Å². The van der Waals surface area contributed by atoms with Crippen molar-refractivity contribution in [2.24, 2.45) is 0 Å². The SMILES string of the molecule is COc1ccc(C2=C3C(=O)N(c4ccc(F)c(Cl)c4)C(=O)[C@H]3ON2)cc1OC. The van der Waals surface area contributed by atoms with Crippen molar-refractivity contribution in [2.45, 2.75) is 6.10 Å². The van der Waals surface area contributed by atoms with E-state index in [1.165, 1.54) is 26.4 Å². The van der Waals surface area contributed by atoms with E-state index in [0.717, 1.165) is 11.0 Å². The van der Waals surface area contributed by atoms with Crippen LogP contribution in [0.25, 0.3) is 5.70 Å². The zero-order valence-corrected chi connectivity index (χ0v) is 15.5. The number of imide groups is 1. The fourth-order valence-electron chi connectivity index (χ4n) is 3.17. The zero-order chi connectivity index (χ0) is 20.0. The smallest absolute Gasteiger partial charge is 0.270 e. The van der Waals surface area contributed by atoms with Crippen LogP contribution >= 0.6 is 11.6 Å². The molecule has 1 fully saturated rings. The van der Waals surface area contributed by atoms with Gasteiger partial charge < -0.3 is 9.47 Å². The summed E-state index contributed by atoms with van der Waals surface area (Å²) >= 11 is 5.79. The summed E-state index contributed by atoms with van der Waals surface area (Å²) in [6.45, 7) is 0. The number of fused-ring (bicyclic) bond motifs is 1. The molecule has 4 rings (SSSR count). The molecule has 28 heavy (non-hydrogen) atoms. The van der Waals surface area contributed by atoms with E-state index in [0.29, 0.717) is 22.8 Å². The number of rotatable bonds is 4. The summed E-state index contributed by atoms with van der Waals surface area (Å²) in [4.78, 5) is 32.0. The minimum Gasteiger partial charge on any atom is -0.493 e. The fraction of sp³-hybridized carbons (Fsp3) is 0.158. The molecule has 0 radical (unpaired) electrons. The second-order valence-corrected chi connectivity index (χ2v) is 6.44. The monoisotopic (exact) mass is 404 g/mol. The summed E-state index contributed by atoms with van der Waals surface area (Å²) in [5, 5.41) is -0.191. The van der Waals surface area contributed by atoms with Gasteiger partial charge in [-0.05, 0) is 36.4 Å². The summed E-state index contributed by atoms with van der Waals surface area (Å²) < 4.78 is 23.9. The van der Waals surface area contributed by atoms with Gasteiger partial charge in [0.1, 0.15) is 5.82 Å². The van der Waals surface area contributed by atoms with Crippen LogP contribution in [0.1, 0.15) is 5.56 Å². The molecule has 0 aliphatic carbocycles. The van der Waals surface area contributed by atoms with E-state index in [-0.39, 0.29) is 16.3 Å². The first kappa shape index (κ1) is 18.3. The van der Waals surface area contributed by atoms with Gasteiger partial charge in [-0.15, -0.1) is 0 Å². The minimum atomic E-state index is -1.11. The highest BCUT2D eigenvalue weighted by molar-refractivity contribution is 6.34. The molecule has 2 aromatic carbocycles. The number of carbonyl (C=O) groups excluding carboxylic acids is 2. The Morgan fingerprint density at radius 1 is 1.11 bits per heavy atom. The molecule has 2 aliphatic rings. The van der Waals surface area contributed by atoms with Crippen molar-refractivity contribution in [3.8, 4) is 11.5 Å². The molecule has 2 heterocycles. The Labute approximate surface area is 164 Å². The lowest BCUT2D eigenvalue weighted by atomic mass is 10.0. The molecule has 0 unspecified atom stereocenters. The second-order valence-electron chi connectivity index (χ2n) is 6.04. The van der Waals surface area contributed by atoms with Crippen LogP contribution in [-0.2, 0) is 14.4 Å². The summed E-state index contributed by atoms with van der Waals surface area (Å²) in [5.74, 6) is -0.841. The number of anilines is 1. The molecule has 1 atom stereocenters. The third-order valence-corrected chi connectivity index (χ3v) is 4.81. The maximum Gasteiger partial charge on any atom is 0.270 e. The molecule has 2 aliphatic heterocycles. The van der Waals surface area contributed by atoms with Gasteiger partial charge in [0.25, 0.3) is 11.8 Å². The molecule has 7 nitrogen and oxygen atoms in total. The van der Waals surface area contributed by atoms with Gasteiger partial charge in [-0.3, -0.25) is 19.9 Å². The molecular weight excluding hydrogens is 391 g/mol. The van der Waals surface area contributed by atoms with Crippen LogP contribution in [0, 0.1) is 5.82 Å². The number of amides is 2. The number of carbonyl (C=O) groups is 2. The molecule has 1 saturated heterocycles. The van der Waals surface area contributed by atoms with Crippen LogP contribution in [0.15, 0.2) is 42.0 Å². The lowest BCUT2D eigenvalue weighted by Gasteiger charge is -2.16. The highest BCUT2D eigenvalue weighted by Gasteiger charge is 2.50. The third-order valence-electron chi connectivity index (χ3n) is 4.52. The number of methoxy groups -OCH3 is 2. The summed E-state index contributed by atoms with van der Waals surface area (Å²) in [6.07, 6.45) is -1.11. The third kappa shape index (κ3) is 2.69. The molecule has 144 valence electrons. The lowest BCUT2D eigenvalue weighted by molar-refractivity contribution is -0.127. The number of nitrogens with one attached hydrogen (secondary N) is 1. The van der Waals surface area contributed by atoms with Crippen LogP contribution in [0.5, 0.6) is 11.5 Å². The van der Waals surface area contributed by atoms with Gasteiger partial charge >= 0.3 is 0 Å². The highest BCUT2D eigenvalue weighted by atomic mass is 35.5. The Balaban J connectivity index is 1.78. The second kappa shape index (κ2) is 6.81. The van der Waals surface area contributed by atoms with E-state index >= 15 is 0 Å². The van der Waals surface area contributed by atoms with Gasteiger partial charge in [0.15, 0.2) is 17.6 Å². The molecule has 2 aromatic rings. The molecule has 0 spiro atoms. The number of hydrogen-bond donors (Lipinski definition) is 1. The number of halogens is 2.